The molecule has 2 aromatic rings. The minimum Gasteiger partial charge on any atom is -0.399 e. The van der Waals surface area contributed by atoms with E-state index in [-0.39, 0.29) is 0 Å². The molecule has 0 radical (unpaired) electrons. The van der Waals surface area contributed by atoms with Gasteiger partial charge in [0.25, 0.3) is 0 Å². The monoisotopic (exact) mass is 390 g/mol. The Kier molecular flexibility index (Phi) is 6.47. The average Bonchev–Trinajstić information content (AvgIpc) is 2.73. The number of nitrogens with two attached hydrogens (primary N) is 2. The van der Waals surface area contributed by atoms with E-state index in [0.29, 0.717) is 0 Å². The third kappa shape index (κ3) is 5.35. The molecule has 2 saturated carbocycles. The van der Waals surface area contributed by atoms with Crippen LogP contribution in [0.5, 0.6) is 0 Å². The van der Waals surface area contributed by atoms with E-state index in [1.807, 2.05) is 18.2 Å². The first-order chi connectivity index (χ1) is 14.1. The number of hydrogen-bond donors (Lipinski definition) is 2. The first-order valence-corrected chi connectivity index (χ1v) is 11.8. The summed E-state index contributed by atoms with van der Waals surface area (Å²) in [5, 5.41) is 0. The molecule has 0 bridgehead atoms. The Hall–Kier alpha value is -1.96. The van der Waals surface area contributed by atoms with Gasteiger partial charge >= 0.3 is 0 Å². The maximum atomic E-state index is 5.91. The summed E-state index contributed by atoms with van der Waals surface area (Å²) in [6, 6.07) is 15.3. The summed E-state index contributed by atoms with van der Waals surface area (Å²) in [6.07, 6.45) is 13.6. The molecular weight excluding hydrogens is 352 g/mol. The Labute approximate surface area is 177 Å². The topological polar surface area (TPSA) is 52.0 Å². The van der Waals surface area contributed by atoms with Gasteiger partial charge in [0.2, 0.25) is 0 Å². The zero-order chi connectivity index (χ0) is 20.2. The van der Waals surface area contributed by atoms with Crippen molar-refractivity contribution in [1.29, 1.82) is 0 Å². The predicted molar refractivity (Wildman–Crippen MR) is 125 cm³/mol. The van der Waals surface area contributed by atoms with Gasteiger partial charge in [0.05, 0.1) is 0 Å². The van der Waals surface area contributed by atoms with Crippen LogP contribution < -0.4 is 11.5 Å². The van der Waals surface area contributed by atoms with E-state index >= 15 is 0 Å². The molecule has 2 nitrogen and oxygen atoms in total. The highest BCUT2D eigenvalue weighted by Crippen LogP contribution is 2.43. The van der Waals surface area contributed by atoms with Crippen molar-refractivity contribution in [3.8, 4) is 0 Å². The molecule has 2 heteroatoms. The smallest absolute Gasteiger partial charge is 0.0337 e. The lowest BCUT2D eigenvalue weighted by Gasteiger charge is -2.37. The van der Waals surface area contributed by atoms with Gasteiger partial charge in [0, 0.05) is 11.4 Å². The van der Waals surface area contributed by atoms with E-state index in [0.717, 1.165) is 47.9 Å². The molecular formula is C27H38N2. The largest absolute Gasteiger partial charge is 0.399 e. The zero-order valence-electron chi connectivity index (χ0n) is 18.1. The van der Waals surface area contributed by atoms with Crippen molar-refractivity contribution < 1.29 is 0 Å². The average molecular weight is 391 g/mol. The molecule has 4 N–H and O–H groups in total. The molecule has 0 aliphatic heterocycles. The summed E-state index contributed by atoms with van der Waals surface area (Å²) < 4.78 is 0. The van der Waals surface area contributed by atoms with Gasteiger partial charge in [-0.25, -0.2) is 0 Å². The molecule has 0 atom stereocenters. The van der Waals surface area contributed by atoms with Crippen molar-refractivity contribution in [2.45, 2.75) is 77.0 Å². The first kappa shape index (κ1) is 20.3. The maximum absolute atomic E-state index is 5.91. The van der Waals surface area contributed by atoms with Crippen LogP contribution in [0.4, 0.5) is 11.4 Å². The SMILES string of the molecule is CC1CCC(C2CCC(c3ccc(CCc4cc(N)cc(N)c4)cc3)CC2)CC1. The van der Waals surface area contributed by atoms with Crippen molar-refractivity contribution in [3.05, 3.63) is 59.2 Å². The normalized spacial score (nSPS) is 27.6. The lowest BCUT2D eigenvalue weighted by atomic mass is 9.68. The molecule has 2 fully saturated rings. The van der Waals surface area contributed by atoms with Gasteiger partial charge in [-0.1, -0.05) is 44.0 Å². The van der Waals surface area contributed by atoms with E-state index in [1.54, 1.807) is 5.56 Å². The number of nitrogen functional groups attached to an aromatic ring is 2. The van der Waals surface area contributed by atoms with Crippen LogP contribution in [0.25, 0.3) is 0 Å². The fourth-order valence-electron chi connectivity index (χ4n) is 5.82. The second kappa shape index (κ2) is 9.24. The molecule has 2 aliphatic carbocycles. The molecule has 0 unspecified atom stereocenters. The van der Waals surface area contributed by atoms with Gasteiger partial charge in [-0.05, 0) is 110 Å². The lowest BCUT2D eigenvalue weighted by molar-refractivity contribution is 0.165. The van der Waals surface area contributed by atoms with Crippen LogP contribution in [-0.4, -0.2) is 0 Å². The molecule has 29 heavy (non-hydrogen) atoms. The molecule has 4 rings (SSSR count). The second-order valence-corrected chi connectivity index (χ2v) is 9.88. The zero-order valence-corrected chi connectivity index (χ0v) is 18.1. The van der Waals surface area contributed by atoms with Gasteiger partial charge in [-0.2, -0.15) is 0 Å². The Balaban J connectivity index is 1.27. The van der Waals surface area contributed by atoms with Crippen LogP contribution in [0.1, 0.15) is 80.9 Å². The number of rotatable bonds is 5. The fourth-order valence-corrected chi connectivity index (χ4v) is 5.82. The second-order valence-electron chi connectivity index (χ2n) is 9.88. The van der Waals surface area contributed by atoms with E-state index in [2.05, 4.69) is 31.2 Å². The maximum Gasteiger partial charge on any atom is 0.0337 e. The summed E-state index contributed by atoms with van der Waals surface area (Å²) in [4.78, 5) is 0. The van der Waals surface area contributed by atoms with E-state index in [1.165, 1.54) is 62.5 Å². The van der Waals surface area contributed by atoms with Gasteiger partial charge < -0.3 is 11.5 Å². The van der Waals surface area contributed by atoms with E-state index in [9.17, 15) is 0 Å². The van der Waals surface area contributed by atoms with Gasteiger partial charge in [0.1, 0.15) is 0 Å². The van der Waals surface area contributed by atoms with Crippen molar-refractivity contribution >= 4 is 11.4 Å². The highest BCUT2D eigenvalue weighted by atomic mass is 14.6. The van der Waals surface area contributed by atoms with Gasteiger partial charge in [0.15, 0.2) is 0 Å². The van der Waals surface area contributed by atoms with Crippen LogP contribution in [0.15, 0.2) is 42.5 Å². The molecule has 0 heterocycles. The van der Waals surface area contributed by atoms with Crippen LogP contribution in [0.3, 0.4) is 0 Å². The number of anilines is 2. The van der Waals surface area contributed by atoms with Gasteiger partial charge in [-0.3, -0.25) is 0 Å². The summed E-state index contributed by atoms with van der Waals surface area (Å²) in [7, 11) is 0. The number of hydrogen-bond acceptors (Lipinski definition) is 2. The third-order valence-corrected chi connectivity index (χ3v) is 7.69. The van der Waals surface area contributed by atoms with Crippen molar-refractivity contribution in [2.75, 3.05) is 11.5 Å². The minimum atomic E-state index is 0.758. The summed E-state index contributed by atoms with van der Waals surface area (Å²) in [6.45, 7) is 2.43. The van der Waals surface area contributed by atoms with Crippen molar-refractivity contribution in [2.24, 2.45) is 17.8 Å². The van der Waals surface area contributed by atoms with Crippen molar-refractivity contribution in [1.82, 2.24) is 0 Å². The van der Waals surface area contributed by atoms with E-state index in [4.69, 9.17) is 11.5 Å². The highest BCUT2D eigenvalue weighted by molar-refractivity contribution is 5.54. The molecule has 0 saturated heterocycles. The highest BCUT2D eigenvalue weighted by Gasteiger charge is 2.30. The first-order valence-electron chi connectivity index (χ1n) is 11.8. The Bertz CT molecular complexity index is 758. The molecule has 0 spiro atoms. The Morgan fingerprint density at radius 2 is 1.17 bits per heavy atom. The van der Waals surface area contributed by atoms with Crippen molar-refractivity contribution in [3.63, 3.8) is 0 Å². The standard InChI is InChI=1S/C27H38N2/c1-19-2-8-22(9-3-19)24-12-14-25(15-13-24)23-10-6-20(7-11-23)4-5-21-16-26(28)18-27(29)17-21/h6-7,10-11,16-19,22,24-25H,2-5,8-9,12-15,28-29H2,1H3. The predicted octanol–water partition coefficient (Wildman–Crippen LogP) is 6.74. The molecule has 2 aliphatic rings. The quantitative estimate of drug-likeness (QED) is 0.556. The Morgan fingerprint density at radius 1 is 0.655 bits per heavy atom. The summed E-state index contributed by atoms with van der Waals surface area (Å²) in [5.41, 5.74) is 17.5. The number of aryl methyl sites for hydroxylation is 2. The van der Waals surface area contributed by atoms with E-state index < -0.39 is 0 Å². The van der Waals surface area contributed by atoms with Crippen LogP contribution >= 0.6 is 0 Å². The van der Waals surface area contributed by atoms with Crippen LogP contribution in [-0.2, 0) is 12.8 Å². The molecule has 0 amide bonds. The van der Waals surface area contributed by atoms with Gasteiger partial charge in [-0.15, -0.1) is 0 Å². The minimum absolute atomic E-state index is 0.758. The molecule has 2 aromatic carbocycles. The number of benzene rings is 2. The Morgan fingerprint density at radius 3 is 1.76 bits per heavy atom. The lowest BCUT2D eigenvalue weighted by Crippen LogP contribution is -2.24. The molecule has 156 valence electrons. The van der Waals surface area contributed by atoms with Crippen LogP contribution in [0.2, 0.25) is 0 Å². The molecule has 0 aromatic heterocycles. The van der Waals surface area contributed by atoms with Crippen LogP contribution in [0, 0.1) is 17.8 Å². The summed E-state index contributed by atoms with van der Waals surface area (Å²) >= 11 is 0. The third-order valence-electron chi connectivity index (χ3n) is 7.69. The fraction of sp³-hybridized carbons (Fsp3) is 0.556. The summed E-state index contributed by atoms with van der Waals surface area (Å²) in [5.74, 6) is 3.77.